The van der Waals surface area contributed by atoms with Crippen LogP contribution < -0.4 is 9.62 Å². The molecule has 3 aromatic carbocycles. The minimum absolute atomic E-state index is 0.138. The van der Waals surface area contributed by atoms with E-state index in [2.05, 4.69) is 5.32 Å². The second-order valence-corrected chi connectivity index (χ2v) is 11.7. The molecule has 0 spiro atoms. The molecule has 0 unspecified atom stereocenters. The Hall–Kier alpha value is -3.39. The summed E-state index contributed by atoms with van der Waals surface area (Å²) in [5.41, 5.74) is 1.59. The summed E-state index contributed by atoms with van der Waals surface area (Å²) < 4.78 is 27.9. The molecule has 0 saturated heterocycles. The number of anilines is 1. The summed E-state index contributed by atoms with van der Waals surface area (Å²) in [6, 6.07) is 19.9. The molecule has 4 rings (SSSR count). The number of carbonyl (C=O) groups excluding carboxylic acids is 2. The van der Waals surface area contributed by atoms with Gasteiger partial charge in [0.1, 0.15) is 6.04 Å². The first kappa shape index (κ1) is 26.7. The Balaban J connectivity index is 1.50. The van der Waals surface area contributed by atoms with E-state index < -0.39 is 16.1 Å². The van der Waals surface area contributed by atoms with Gasteiger partial charge in [0, 0.05) is 31.4 Å². The van der Waals surface area contributed by atoms with Gasteiger partial charge in [-0.25, -0.2) is 8.42 Å². The molecule has 196 valence electrons. The van der Waals surface area contributed by atoms with Gasteiger partial charge in [0.05, 0.1) is 10.6 Å². The minimum Gasteiger partial charge on any atom is -0.354 e. The molecule has 3 aromatic rings. The van der Waals surface area contributed by atoms with Gasteiger partial charge in [0.25, 0.3) is 10.0 Å². The lowest BCUT2D eigenvalue weighted by Crippen LogP contribution is -2.49. The molecule has 1 N–H and O–H groups in total. The average molecular weight is 522 g/mol. The Morgan fingerprint density at radius 2 is 1.68 bits per heavy atom. The molecule has 0 saturated carbocycles. The van der Waals surface area contributed by atoms with Gasteiger partial charge in [-0.15, -0.1) is 0 Å². The zero-order valence-electron chi connectivity index (χ0n) is 21.7. The first-order valence-electron chi connectivity index (χ1n) is 12.9. The molecule has 7 nitrogen and oxygen atoms in total. The van der Waals surface area contributed by atoms with Crippen LogP contribution >= 0.6 is 0 Å². The highest BCUT2D eigenvalue weighted by molar-refractivity contribution is 7.93. The summed E-state index contributed by atoms with van der Waals surface area (Å²) in [5.74, 6) is -0.0248. The Bertz CT molecular complexity index is 1370. The number of amides is 2. The molecule has 0 aromatic heterocycles. The molecule has 0 bridgehead atoms. The summed E-state index contributed by atoms with van der Waals surface area (Å²) in [6.45, 7) is 7.01. The zero-order valence-corrected chi connectivity index (χ0v) is 22.5. The van der Waals surface area contributed by atoms with E-state index in [9.17, 15) is 18.0 Å². The topological polar surface area (TPSA) is 86.8 Å². The highest BCUT2D eigenvalue weighted by Crippen LogP contribution is 2.42. The summed E-state index contributed by atoms with van der Waals surface area (Å²) in [5, 5.41) is 4.58. The zero-order chi connectivity index (χ0) is 26.6. The van der Waals surface area contributed by atoms with E-state index in [1.165, 1.54) is 4.31 Å². The van der Waals surface area contributed by atoms with Crippen molar-refractivity contribution in [3.05, 3.63) is 72.3 Å². The molecule has 0 aliphatic carbocycles. The molecule has 1 heterocycles. The van der Waals surface area contributed by atoms with Crippen molar-refractivity contribution < 1.29 is 18.0 Å². The maximum absolute atomic E-state index is 13.5. The van der Waals surface area contributed by atoms with E-state index in [4.69, 9.17) is 0 Å². The molecule has 1 aliphatic heterocycles. The van der Waals surface area contributed by atoms with E-state index in [-0.39, 0.29) is 24.8 Å². The van der Waals surface area contributed by atoms with Crippen LogP contribution in [0.25, 0.3) is 10.8 Å². The molecular weight excluding hydrogens is 486 g/mol. The van der Waals surface area contributed by atoms with Crippen molar-refractivity contribution in [2.24, 2.45) is 5.92 Å². The van der Waals surface area contributed by atoms with Crippen molar-refractivity contribution >= 4 is 38.3 Å². The molecular formula is C29H35N3O4S. The molecule has 2 amide bonds. The third-order valence-corrected chi connectivity index (χ3v) is 8.55. The number of rotatable bonds is 11. The molecule has 8 heteroatoms. The SMILES string of the molecule is CC[C@H](C(=O)NCC(C)C)N(Cc1ccccc1)C(=O)CCCN1c2cccc3cccc(c23)S1(=O)=O. The van der Waals surface area contributed by atoms with Crippen LogP contribution in [0, 0.1) is 5.92 Å². The average Bonchev–Trinajstić information content (AvgIpc) is 3.11. The van der Waals surface area contributed by atoms with Crippen molar-refractivity contribution in [1.29, 1.82) is 0 Å². The molecule has 0 radical (unpaired) electrons. The van der Waals surface area contributed by atoms with Gasteiger partial charge in [-0.2, -0.15) is 0 Å². The second-order valence-electron chi connectivity index (χ2n) is 9.88. The number of nitrogens with zero attached hydrogens (tertiary/aromatic N) is 2. The van der Waals surface area contributed by atoms with Crippen LogP contribution in [0.4, 0.5) is 5.69 Å². The Morgan fingerprint density at radius 3 is 2.35 bits per heavy atom. The normalized spacial score (nSPS) is 14.6. The highest BCUT2D eigenvalue weighted by Gasteiger charge is 2.35. The van der Waals surface area contributed by atoms with E-state index in [0.717, 1.165) is 16.3 Å². The number of hydrogen-bond acceptors (Lipinski definition) is 4. The Kier molecular flexibility index (Phi) is 8.17. The first-order chi connectivity index (χ1) is 17.7. The lowest BCUT2D eigenvalue weighted by molar-refractivity contribution is -0.141. The summed E-state index contributed by atoms with van der Waals surface area (Å²) in [4.78, 5) is 28.5. The number of carbonyl (C=O) groups is 2. The highest BCUT2D eigenvalue weighted by atomic mass is 32.2. The van der Waals surface area contributed by atoms with Crippen molar-refractivity contribution in [1.82, 2.24) is 10.2 Å². The van der Waals surface area contributed by atoms with Crippen LogP contribution in [0.15, 0.2) is 71.6 Å². The maximum Gasteiger partial charge on any atom is 0.265 e. The van der Waals surface area contributed by atoms with Gasteiger partial charge in [0.15, 0.2) is 0 Å². The fourth-order valence-electron chi connectivity index (χ4n) is 4.84. The van der Waals surface area contributed by atoms with Gasteiger partial charge in [-0.1, -0.05) is 75.4 Å². The summed E-state index contributed by atoms with van der Waals surface area (Å²) in [6.07, 6.45) is 0.969. The van der Waals surface area contributed by atoms with Crippen LogP contribution in [0.5, 0.6) is 0 Å². The van der Waals surface area contributed by atoms with Crippen molar-refractivity contribution in [3.63, 3.8) is 0 Å². The second kappa shape index (κ2) is 11.3. The molecule has 1 aliphatic rings. The van der Waals surface area contributed by atoms with Crippen molar-refractivity contribution in [2.45, 2.75) is 57.5 Å². The molecule has 1 atom stereocenters. The standard InChI is InChI=1S/C29H35N3O4S/c1-4-24(29(34)30-19-21(2)3)31(20-22-11-6-5-7-12-22)27(33)17-10-18-32-25-15-8-13-23-14-9-16-26(28(23)25)37(32,35)36/h5-9,11-16,21,24H,4,10,17-20H2,1-3H3,(H,30,34)/t24-/m1/s1. The largest absolute Gasteiger partial charge is 0.354 e. The van der Waals surface area contributed by atoms with Gasteiger partial charge in [0.2, 0.25) is 11.8 Å². The number of sulfonamides is 1. The predicted octanol–water partition coefficient (Wildman–Crippen LogP) is 4.71. The predicted molar refractivity (Wildman–Crippen MR) is 147 cm³/mol. The van der Waals surface area contributed by atoms with Crippen LogP contribution in [-0.4, -0.2) is 44.3 Å². The van der Waals surface area contributed by atoms with Crippen molar-refractivity contribution in [3.8, 4) is 0 Å². The minimum atomic E-state index is -3.67. The van der Waals surface area contributed by atoms with E-state index in [1.54, 1.807) is 17.0 Å². The van der Waals surface area contributed by atoms with Crippen LogP contribution in [0.1, 0.15) is 45.6 Å². The van der Waals surface area contributed by atoms with Crippen LogP contribution in [0.3, 0.4) is 0 Å². The fourth-order valence-corrected chi connectivity index (χ4v) is 6.59. The third kappa shape index (κ3) is 5.64. The van der Waals surface area contributed by atoms with E-state index in [1.807, 2.05) is 75.4 Å². The number of hydrogen-bond donors (Lipinski definition) is 1. The number of benzene rings is 3. The Morgan fingerprint density at radius 1 is 0.973 bits per heavy atom. The van der Waals surface area contributed by atoms with Gasteiger partial charge >= 0.3 is 0 Å². The fraction of sp³-hybridized carbons (Fsp3) is 0.379. The summed E-state index contributed by atoms with van der Waals surface area (Å²) in [7, 11) is -3.67. The third-order valence-electron chi connectivity index (χ3n) is 6.70. The quantitative estimate of drug-likeness (QED) is 0.396. The van der Waals surface area contributed by atoms with Gasteiger partial charge < -0.3 is 10.2 Å². The first-order valence-corrected chi connectivity index (χ1v) is 14.3. The number of nitrogens with one attached hydrogen (secondary N) is 1. The van der Waals surface area contributed by atoms with E-state index in [0.29, 0.717) is 42.4 Å². The maximum atomic E-state index is 13.5. The summed E-state index contributed by atoms with van der Waals surface area (Å²) >= 11 is 0. The Labute approximate surface area is 219 Å². The van der Waals surface area contributed by atoms with Crippen molar-refractivity contribution in [2.75, 3.05) is 17.4 Å². The molecule has 37 heavy (non-hydrogen) atoms. The van der Waals surface area contributed by atoms with E-state index >= 15 is 0 Å². The molecule has 0 fully saturated rings. The lowest BCUT2D eigenvalue weighted by Gasteiger charge is -2.31. The van der Waals surface area contributed by atoms with Crippen LogP contribution in [0.2, 0.25) is 0 Å². The van der Waals surface area contributed by atoms with Gasteiger partial charge in [-0.3, -0.25) is 13.9 Å². The van der Waals surface area contributed by atoms with Gasteiger partial charge in [-0.05, 0) is 41.8 Å². The van der Waals surface area contributed by atoms with Crippen LogP contribution in [-0.2, 0) is 26.2 Å². The smallest absolute Gasteiger partial charge is 0.265 e. The monoisotopic (exact) mass is 521 g/mol. The lowest BCUT2D eigenvalue weighted by atomic mass is 10.1.